The maximum absolute atomic E-state index is 12.7. The standard InChI is InChI=1S/C19H23N3O3/c1-24-15-10-8-13(9-11-15)17-20-18(25-21-17)16-7-2-3-12-22(16)19(23)14-5-4-6-14/h8-11,14,16H,2-7,12H2,1H3. The molecular weight excluding hydrogens is 318 g/mol. The fourth-order valence-electron chi connectivity index (χ4n) is 3.57. The van der Waals surface area contributed by atoms with Crippen LogP contribution in [-0.2, 0) is 4.79 Å². The molecule has 0 N–H and O–H groups in total. The summed E-state index contributed by atoms with van der Waals surface area (Å²) in [5, 5.41) is 4.13. The van der Waals surface area contributed by atoms with E-state index in [4.69, 9.17) is 9.26 Å². The molecule has 0 radical (unpaired) electrons. The minimum Gasteiger partial charge on any atom is -0.497 e. The third kappa shape index (κ3) is 3.13. The minimum atomic E-state index is -0.0821. The van der Waals surface area contributed by atoms with E-state index in [-0.39, 0.29) is 17.9 Å². The molecule has 0 spiro atoms. The van der Waals surface area contributed by atoms with Crippen LogP contribution < -0.4 is 4.74 Å². The monoisotopic (exact) mass is 341 g/mol. The summed E-state index contributed by atoms with van der Waals surface area (Å²) in [7, 11) is 1.64. The van der Waals surface area contributed by atoms with Gasteiger partial charge in [-0.05, 0) is 56.4 Å². The van der Waals surface area contributed by atoms with Gasteiger partial charge in [0.25, 0.3) is 0 Å². The Kier molecular flexibility index (Phi) is 4.42. The second-order valence-electron chi connectivity index (χ2n) is 6.86. The Labute approximate surface area is 147 Å². The number of piperidine rings is 1. The first-order valence-corrected chi connectivity index (χ1v) is 9.05. The molecule has 1 unspecified atom stereocenters. The summed E-state index contributed by atoms with van der Waals surface area (Å²) in [5.41, 5.74) is 0.878. The van der Waals surface area contributed by atoms with E-state index < -0.39 is 0 Å². The molecule has 2 aromatic rings. The van der Waals surface area contributed by atoms with Crippen molar-refractivity contribution in [3.05, 3.63) is 30.2 Å². The molecule has 132 valence electrons. The molecule has 1 aromatic heterocycles. The number of rotatable bonds is 4. The van der Waals surface area contributed by atoms with Gasteiger partial charge >= 0.3 is 0 Å². The fraction of sp³-hybridized carbons (Fsp3) is 0.526. The molecule has 2 heterocycles. The zero-order chi connectivity index (χ0) is 17.2. The number of carbonyl (C=O) groups is 1. The number of amides is 1. The summed E-state index contributed by atoms with van der Waals surface area (Å²) >= 11 is 0. The van der Waals surface area contributed by atoms with E-state index in [0.717, 1.165) is 56.4 Å². The normalized spacial score (nSPS) is 21.0. The van der Waals surface area contributed by atoms with Crippen molar-refractivity contribution in [3.8, 4) is 17.1 Å². The van der Waals surface area contributed by atoms with Crippen LogP contribution in [0.2, 0.25) is 0 Å². The number of hydrogen-bond donors (Lipinski definition) is 0. The van der Waals surface area contributed by atoms with Crippen LogP contribution in [0.25, 0.3) is 11.4 Å². The van der Waals surface area contributed by atoms with Gasteiger partial charge in [0, 0.05) is 18.0 Å². The smallest absolute Gasteiger partial charge is 0.249 e. The number of nitrogens with zero attached hydrogens (tertiary/aromatic N) is 3. The zero-order valence-corrected chi connectivity index (χ0v) is 14.5. The maximum Gasteiger partial charge on any atom is 0.249 e. The number of ether oxygens (including phenoxy) is 1. The molecule has 4 rings (SSSR count). The highest BCUT2D eigenvalue weighted by atomic mass is 16.5. The van der Waals surface area contributed by atoms with Crippen molar-refractivity contribution >= 4 is 5.91 Å². The lowest BCUT2D eigenvalue weighted by Crippen LogP contribution is -2.43. The van der Waals surface area contributed by atoms with Gasteiger partial charge in [-0.3, -0.25) is 4.79 Å². The van der Waals surface area contributed by atoms with Crippen molar-refractivity contribution < 1.29 is 14.1 Å². The lowest BCUT2D eigenvalue weighted by Gasteiger charge is -2.38. The molecular formula is C19H23N3O3. The van der Waals surface area contributed by atoms with Crippen molar-refractivity contribution in [1.82, 2.24) is 15.0 Å². The molecule has 1 aliphatic heterocycles. The van der Waals surface area contributed by atoms with Crippen LogP contribution >= 0.6 is 0 Å². The third-order valence-corrected chi connectivity index (χ3v) is 5.32. The van der Waals surface area contributed by atoms with E-state index in [1.165, 1.54) is 0 Å². The predicted octanol–water partition coefficient (Wildman–Crippen LogP) is 3.60. The van der Waals surface area contributed by atoms with Crippen LogP contribution in [-0.4, -0.2) is 34.6 Å². The van der Waals surface area contributed by atoms with Crippen molar-refractivity contribution in [2.75, 3.05) is 13.7 Å². The molecule has 1 saturated heterocycles. The van der Waals surface area contributed by atoms with Gasteiger partial charge in [-0.15, -0.1) is 0 Å². The maximum atomic E-state index is 12.7. The van der Waals surface area contributed by atoms with Crippen molar-refractivity contribution in [2.45, 2.75) is 44.6 Å². The summed E-state index contributed by atoms with van der Waals surface area (Å²) < 4.78 is 10.7. The highest BCUT2D eigenvalue weighted by molar-refractivity contribution is 5.80. The summed E-state index contributed by atoms with van der Waals surface area (Å²) in [6, 6.07) is 7.48. The van der Waals surface area contributed by atoms with Gasteiger partial charge in [-0.2, -0.15) is 4.98 Å². The quantitative estimate of drug-likeness (QED) is 0.850. The fourth-order valence-corrected chi connectivity index (χ4v) is 3.57. The Morgan fingerprint density at radius 3 is 2.64 bits per heavy atom. The summed E-state index contributed by atoms with van der Waals surface area (Å²) in [5.74, 6) is 2.36. The van der Waals surface area contributed by atoms with Crippen LogP contribution in [0.1, 0.15) is 50.5 Å². The van der Waals surface area contributed by atoms with Gasteiger partial charge in [0.1, 0.15) is 11.8 Å². The van der Waals surface area contributed by atoms with Crippen LogP contribution in [0.15, 0.2) is 28.8 Å². The van der Waals surface area contributed by atoms with Gasteiger partial charge in [-0.25, -0.2) is 0 Å². The summed E-state index contributed by atoms with van der Waals surface area (Å²) in [4.78, 5) is 19.3. The van der Waals surface area contributed by atoms with Crippen LogP contribution in [0.5, 0.6) is 5.75 Å². The first-order chi connectivity index (χ1) is 12.3. The topological polar surface area (TPSA) is 68.5 Å². The molecule has 2 aliphatic rings. The number of aromatic nitrogens is 2. The number of hydrogen-bond acceptors (Lipinski definition) is 5. The average molecular weight is 341 g/mol. The predicted molar refractivity (Wildman–Crippen MR) is 91.9 cm³/mol. The van der Waals surface area contributed by atoms with Crippen LogP contribution in [0.3, 0.4) is 0 Å². The molecule has 6 nitrogen and oxygen atoms in total. The second kappa shape index (κ2) is 6.86. The third-order valence-electron chi connectivity index (χ3n) is 5.32. The SMILES string of the molecule is COc1ccc(-c2noc(C3CCCCN3C(=O)C3CCC3)n2)cc1. The highest BCUT2D eigenvalue weighted by Crippen LogP contribution is 2.36. The Balaban J connectivity index is 1.55. The molecule has 0 bridgehead atoms. The Morgan fingerprint density at radius 1 is 1.16 bits per heavy atom. The molecule has 1 aliphatic carbocycles. The van der Waals surface area contributed by atoms with E-state index >= 15 is 0 Å². The number of methoxy groups -OCH3 is 1. The van der Waals surface area contributed by atoms with Crippen LogP contribution in [0, 0.1) is 5.92 Å². The number of benzene rings is 1. The van der Waals surface area contributed by atoms with Crippen LogP contribution in [0.4, 0.5) is 0 Å². The van der Waals surface area contributed by atoms with Crippen molar-refractivity contribution in [1.29, 1.82) is 0 Å². The Bertz CT molecular complexity index is 737. The van der Waals surface area contributed by atoms with Crippen molar-refractivity contribution in [2.24, 2.45) is 5.92 Å². The minimum absolute atomic E-state index is 0.0821. The second-order valence-corrected chi connectivity index (χ2v) is 6.86. The van der Waals surface area contributed by atoms with E-state index in [1.807, 2.05) is 29.2 Å². The van der Waals surface area contributed by atoms with Gasteiger partial charge in [-0.1, -0.05) is 11.6 Å². The Hall–Kier alpha value is -2.37. The van der Waals surface area contributed by atoms with E-state index in [0.29, 0.717) is 11.7 Å². The first kappa shape index (κ1) is 16.1. The highest BCUT2D eigenvalue weighted by Gasteiger charge is 2.37. The summed E-state index contributed by atoms with van der Waals surface area (Å²) in [6.07, 6.45) is 6.22. The van der Waals surface area contributed by atoms with E-state index in [2.05, 4.69) is 10.1 Å². The molecule has 6 heteroatoms. The molecule has 25 heavy (non-hydrogen) atoms. The van der Waals surface area contributed by atoms with Gasteiger partial charge in [0.2, 0.25) is 17.6 Å². The molecule has 1 aromatic carbocycles. The largest absolute Gasteiger partial charge is 0.497 e. The first-order valence-electron chi connectivity index (χ1n) is 9.05. The molecule has 1 atom stereocenters. The number of likely N-dealkylation sites (tertiary alicyclic amines) is 1. The summed E-state index contributed by atoms with van der Waals surface area (Å²) in [6.45, 7) is 0.792. The van der Waals surface area contributed by atoms with Crippen molar-refractivity contribution in [3.63, 3.8) is 0 Å². The average Bonchev–Trinajstić information content (AvgIpc) is 3.10. The number of carbonyl (C=O) groups excluding carboxylic acids is 1. The Morgan fingerprint density at radius 2 is 1.96 bits per heavy atom. The van der Waals surface area contributed by atoms with Gasteiger partial charge in [0.15, 0.2) is 0 Å². The van der Waals surface area contributed by atoms with E-state index in [9.17, 15) is 4.79 Å². The molecule has 2 fully saturated rings. The molecule has 1 amide bonds. The zero-order valence-electron chi connectivity index (χ0n) is 14.5. The van der Waals surface area contributed by atoms with E-state index in [1.54, 1.807) is 7.11 Å². The lowest BCUT2D eigenvalue weighted by molar-refractivity contribution is -0.142. The van der Waals surface area contributed by atoms with Gasteiger partial charge in [0.05, 0.1) is 7.11 Å². The molecule has 1 saturated carbocycles. The van der Waals surface area contributed by atoms with Gasteiger partial charge < -0.3 is 14.2 Å². The lowest BCUT2D eigenvalue weighted by atomic mass is 9.83.